The summed E-state index contributed by atoms with van der Waals surface area (Å²) in [4.78, 5) is 25.9. The van der Waals surface area contributed by atoms with Crippen LogP contribution in [0.3, 0.4) is 0 Å². The summed E-state index contributed by atoms with van der Waals surface area (Å²) < 4.78 is 0. The van der Waals surface area contributed by atoms with Crippen LogP contribution in [0.4, 0.5) is 0 Å². The van der Waals surface area contributed by atoms with E-state index in [2.05, 4.69) is 5.32 Å². The van der Waals surface area contributed by atoms with E-state index in [1.54, 1.807) is 0 Å². The van der Waals surface area contributed by atoms with E-state index in [9.17, 15) is 9.59 Å². The summed E-state index contributed by atoms with van der Waals surface area (Å²) in [5.74, 6) is 0.883. The number of piperidine rings is 1. The van der Waals surface area contributed by atoms with Crippen molar-refractivity contribution in [1.29, 1.82) is 0 Å². The predicted molar refractivity (Wildman–Crippen MR) is 85.2 cm³/mol. The van der Waals surface area contributed by atoms with E-state index in [1.165, 1.54) is 19.3 Å². The Morgan fingerprint density at radius 1 is 1.14 bits per heavy atom. The van der Waals surface area contributed by atoms with Crippen LogP contribution in [-0.2, 0) is 9.59 Å². The molecular formula is C15H28ClN3O2. The number of likely N-dealkylation sites (tertiary alicyclic amines) is 1. The molecule has 1 saturated heterocycles. The van der Waals surface area contributed by atoms with Gasteiger partial charge in [-0.3, -0.25) is 9.59 Å². The molecule has 0 bridgehead atoms. The smallest absolute Gasteiger partial charge is 0.223 e. The number of nitrogens with zero attached hydrogens (tertiary/aromatic N) is 1. The van der Waals surface area contributed by atoms with Crippen molar-refractivity contribution in [3.8, 4) is 0 Å². The van der Waals surface area contributed by atoms with Crippen molar-refractivity contribution in [2.75, 3.05) is 19.6 Å². The van der Waals surface area contributed by atoms with Gasteiger partial charge in [0.2, 0.25) is 11.8 Å². The van der Waals surface area contributed by atoms with Gasteiger partial charge in [-0.25, -0.2) is 0 Å². The molecule has 122 valence electrons. The molecule has 2 amide bonds. The normalized spacial score (nSPS) is 22.1. The minimum atomic E-state index is -0.00975. The number of halogens is 1. The molecule has 1 unspecified atom stereocenters. The highest BCUT2D eigenvalue weighted by molar-refractivity contribution is 5.85. The van der Waals surface area contributed by atoms with Gasteiger partial charge in [0.1, 0.15) is 0 Å². The Kier molecular flexibility index (Phi) is 8.04. The zero-order valence-electron chi connectivity index (χ0n) is 12.7. The van der Waals surface area contributed by atoms with Gasteiger partial charge in [-0.2, -0.15) is 0 Å². The first-order chi connectivity index (χ1) is 9.70. The van der Waals surface area contributed by atoms with E-state index in [0.29, 0.717) is 31.8 Å². The maximum Gasteiger partial charge on any atom is 0.223 e. The van der Waals surface area contributed by atoms with Crippen LogP contribution in [0, 0.1) is 5.92 Å². The molecule has 0 aromatic heterocycles. The van der Waals surface area contributed by atoms with Crippen LogP contribution in [0.1, 0.15) is 51.4 Å². The fourth-order valence-electron chi connectivity index (χ4n) is 3.05. The average molecular weight is 318 g/mol. The number of nitrogens with two attached hydrogens (primary N) is 1. The van der Waals surface area contributed by atoms with Crippen LogP contribution in [0.5, 0.6) is 0 Å². The molecule has 1 saturated carbocycles. The van der Waals surface area contributed by atoms with E-state index in [1.807, 2.05) is 4.90 Å². The monoisotopic (exact) mass is 317 g/mol. The van der Waals surface area contributed by atoms with Gasteiger partial charge in [0.25, 0.3) is 0 Å². The number of rotatable bonds is 6. The maximum absolute atomic E-state index is 12.4. The van der Waals surface area contributed by atoms with Crippen molar-refractivity contribution >= 4 is 24.2 Å². The van der Waals surface area contributed by atoms with Crippen LogP contribution < -0.4 is 11.1 Å². The number of amides is 2. The highest BCUT2D eigenvalue weighted by Gasteiger charge is 2.29. The minimum absolute atomic E-state index is 0. The molecule has 0 aromatic rings. The summed E-state index contributed by atoms with van der Waals surface area (Å²) in [5.41, 5.74) is 5.36. The van der Waals surface area contributed by atoms with Crippen molar-refractivity contribution in [1.82, 2.24) is 10.2 Å². The molecule has 0 spiro atoms. The van der Waals surface area contributed by atoms with E-state index >= 15 is 0 Å². The lowest BCUT2D eigenvalue weighted by atomic mass is 9.82. The Hall–Kier alpha value is -0.810. The molecule has 1 aliphatic heterocycles. The Balaban J connectivity index is 0.00000220. The van der Waals surface area contributed by atoms with Crippen molar-refractivity contribution < 1.29 is 9.59 Å². The second-order valence-electron chi connectivity index (χ2n) is 6.08. The molecule has 21 heavy (non-hydrogen) atoms. The lowest BCUT2D eigenvalue weighted by molar-refractivity contribution is -0.137. The number of hydrogen-bond donors (Lipinski definition) is 2. The van der Waals surface area contributed by atoms with Crippen LogP contribution >= 0.6 is 12.4 Å². The first-order valence-corrected chi connectivity index (χ1v) is 7.97. The second-order valence-corrected chi connectivity index (χ2v) is 6.08. The van der Waals surface area contributed by atoms with Gasteiger partial charge in [-0.15, -0.1) is 12.4 Å². The van der Waals surface area contributed by atoms with Crippen LogP contribution in [-0.4, -0.2) is 42.4 Å². The van der Waals surface area contributed by atoms with Crippen LogP contribution in [0.25, 0.3) is 0 Å². The van der Waals surface area contributed by atoms with Crippen molar-refractivity contribution in [2.24, 2.45) is 11.7 Å². The van der Waals surface area contributed by atoms with Gasteiger partial charge in [0, 0.05) is 38.5 Å². The van der Waals surface area contributed by atoms with Crippen molar-refractivity contribution in [3.05, 3.63) is 0 Å². The predicted octanol–water partition coefficient (Wildman–Crippen LogP) is 1.44. The molecule has 5 nitrogen and oxygen atoms in total. The van der Waals surface area contributed by atoms with E-state index in [-0.39, 0.29) is 30.3 Å². The number of nitrogens with one attached hydrogen (secondary N) is 1. The van der Waals surface area contributed by atoms with Crippen LogP contribution in [0.2, 0.25) is 0 Å². The molecule has 2 aliphatic rings. The number of hydrogen-bond acceptors (Lipinski definition) is 3. The van der Waals surface area contributed by atoms with E-state index in [4.69, 9.17) is 5.73 Å². The fourth-order valence-corrected chi connectivity index (χ4v) is 3.05. The number of carbonyl (C=O) groups excluding carboxylic acids is 2. The molecule has 1 atom stereocenters. The quantitative estimate of drug-likeness (QED) is 0.778. The summed E-state index contributed by atoms with van der Waals surface area (Å²) in [6.45, 7) is 1.80. The highest BCUT2D eigenvalue weighted by Crippen LogP contribution is 2.30. The molecule has 1 aliphatic carbocycles. The van der Waals surface area contributed by atoms with E-state index < -0.39 is 0 Å². The summed E-state index contributed by atoms with van der Waals surface area (Å²) >= 11 is 0. The molecule has 2 fully saturated rings. The largest absolute Gasteiger partial charge is 0.354 e. The third kappa shape index (κ3) is 5.47. The van der Waals surface area contributed by atoms with Gasteiger partial charge >= 0.3 is 0 Å². The van der Waals surface area contributed by atoms with E-state index in [0.717, 1.165) is 25.8 Å². The second kappa shape index (κ2) is 9.26. The van der Waals surface area contributed by atoms with Crippen molar-refractivity contribution in [2.45, 2.75) is 57.4 Å². The third-order valence-electron chi connectivity index (χ3n) is 4.54. The van der Waals surface area contributed by atoms with Gasteiger partial charge < -0.3 is 16.0 Å². The Labute approximate surface area is 133 Å². The number of carbonyl (C=O) groups is 2. The maximum atomic E-state index is 12.4. The van der Waals surface area contributed by atoms with Gasteiger partial charge in [-0.1, -0.05) is 6.42 Å². The summed E-state index contributed by atoms with van der Waals surface area (Å²) in [5, 5.41) is 2.91. The molecule has 1 heterocycles. The Bertz CT molecular complexity index is 348. The van der Waals surface area contributed by atoms with Crippen LogP contribution in [0.15, 0.2) is 0 Å². The molecule has 3 N–H and O–H groups in total. The van der Waals surface area contributed by atoms with Gasteiger partial charge in [0.15, 0.2) is 0 Å². The topological polar surface area (TPSA) is 75.4 Å². The SMILES string of the molecule is Cl.NCCC(=O)NCC1CCCCN1C(=O)CC1CCC1. The zero-order valence-corrected chi connectivity index (χ0v) is 13.5. The lowest BCUT2D eigenvalue weighted by Crippen LogP contribution is -2.50. The fraction of sp³-hybridized carbons (Fsp3) is 0.867. The molecule has 2 rings (SSSR count). The lowest BCUT2D eigenvalue weighted by Gasteiger charge is -2.37. The first-order valence-electron chi connectivity index (χ1n) is 7.97. The summed E-state index contributed by atoms with van der Waals surface area (Å²) in [6, 6.07) is 0.179. The molecule has 0 radical (unpaired) electrons. The van der Waals surface area contributed by atoms with Gasteiger partial charge in [-0.05, 0) is 38.0 Å². The average Bonchev–Trinajstić information content (AvgIpc) is 2.41. The molecule has 0 aromatic carbocycles. The molecule has 6 heteroatoms. The minimum Gasteiger partial charge on any atom is -0.354 e. The van der Waals surface area contributed by atoms with Gasteiger partial charge in [0.05, 0.1) is 0 Å². The highest BCUT2D eigenvalue weighted by atomic mass is 35.5. The summed E-state index contributed by atoms with van der Waals surface area (Å²) in [6.07, 6.45) is 7.98. The zero-order chi connectivity index (χ0) is 14.4. The Morgan fingerprint density at radius 2 is 1.90 bits per heavy atom. The Morgan fingerprint density at radius 3 is 2.52 bits per heavy atom. The van der Waals surface area contributed by atoms with Crippen molar-refractivity contribution in [3.63, 3.8) is 0 Å². The first kappa shape index (κ1) is 18.2. The molecular weight excluding hydrogens is 290 g/mol. The third-order valence-corrected chi connectivity index (χ3v) is 4.54. The standard InChI is InChI=1S/C15H27N3O2.ClH/c16-8-7-14(19)17-11-13-6-1-2-9-18(13)15(20)10-12-4-3-5-12;/h12-13H,1-11,16H2,(H,17,19);1H. The summed E-state index contributed by atoms with van der Waals surface area (Å²) in [7, 11) is 0.